The number of carbonyl (C=O) groups is 1. The lowest BCUT2D eigenvalue weighted by atomic mass is 10.00. The molecule has 198 valence electrons. The SMILES string of the molecule is CCCCCCCCc1ccc(-c2ccc(C3=NC(=Cc4coc5ccc(Cl)cc5c4=O)C(=O)O3)cc2)cc1. The maximum Gasteiger partial charge on any atom is 0.363 e. The molecular formula is C33H30ClNO4. The lowest BCUT2D eigenvalue weighted by Gasteiger charge is -2.06. The fraction of sp³-hybridized carbons (Fsp3) is 0.242. The van der Waals surface area contributed by atoms with Crippen LogP contribution < -0.4 is 5.43 Å². The smallest absolute Gasteiger partial charge is 0.363 e. The molecule has 0 saturated heterocycles. The molecule has 0 fully saturated rings. The summed E-state index contributed by atoms with van der Waals surface area (Å²) in [6.07, 6.45) is 11.6. The van der Waals surface area contributed by atoms with Crippen molar-refractivity contribution in [3.8, 4) is 11.1 Å². The van der Waals surface area contributed by atoms with Crippen molar-refractivity contribution in [2.75, 3.05) is 0 Å². The average Bonchev–Trinajstić information content (AvgIpc) is 3.32. The van der Waals surface area contributed by atoms with E-state index in [0.717, 1.165) is 17.5 Å². The number of benzene rings is 3. The van der Waals surface area contributed by atoms with Gasteiger partial charge in [-0.05, 0) is 65.9 Å². The minimum absolute atomic E-state index is 0.0312. The molecule has 0 saturated carbocycles. The van der Waals surface area contributed by atoms with Crippen LogP contribution in [0.25, 0.3) is 28.2 Å². The molecule has 0 N–H and O–H groups in total. The molecule has 6 heteroatoms. The number of ether oxygens (including phenoxy) is 1. The molecule has 0 aliphatic carbocycles. The number of halogens is 1. The Balaban J connectivity index is 1.27. The van der Waals surface area contributed by atoms with Crippen LogP contribution in [0.2, 0.25) is 5.02 Å². The van der Waals surface area contributed by atoms with E-state index in [0.29, 0.717) is 21.6 Å². The number of esters is 1. The third-order valence-corrected chi connectivity index (χ3v) is 7.15. The topological polar surface area (TPSA) is 68.9 Å². The molecule has 3 aromatic carbocycles. The van der Waals surface area contributed by atoms with Crippen molar-refractivity contribution in [1.29, 1.82) is 0 Å². The first-order chi connectivity index (χ1) is 19.0. The number of hydrogen-bond acceptors (Lipinski definition) is 5. The van der Waals surface area contributed by atoms with Crippen LogP contribution in [0.5, 0.6) is 0 Å². The summed E-state index contributed by atoms with van der Waals surface area (Å²) < 4.78 is 10.9. The Morgan fingerprint density at radius 1 is 0.821 bits per heavy atom. The standard InChI is InChI=1S/C33H30ClNO4/c1-2-3-4-5-6-7-8-22-9-11-23(12-10-22)24-13-15-25(16-14-24)32-35-29(33(37)39-32)19-26-21-38-30-18-17-27(34)20-28(30)31(26)36/h9-21H,2-8H2,1H3. The number of fused-ring (bicyclic) bond motifs is 1. The van der Waals surface area contributed by atoms with Crippen LogP contribution >= 0.6 is 11.6 Å². The van der Waals surface area contributed by atoms with Gasteiger partial charge in [-0.25, -0.2) is 9.79 Å². The van der Waals surface area contributed by atoms with Crippen molar-refractivity contribution < 1.29 is 13.9 Å². The van der Waals surface area contributed by atoms with Crippen LogP contribution in [0, 0.1) is 0 Å². The number of nitrogens with zero attached hydrogens (tertiary/aromatic N) is 1. The average molecular weight is 540 g/mol. The van der Waals surface area contributed by atoms with E-state index in [4.69, 9.17) is 20.8 Å². The van der Waals surface area contributed by atoms with Gasteiger partial charge in [-0.2, -0.15) is 0 Å². The van der Waals surface area contributed by atoms with Gasteiger partial charge in [0, 0.05) is 10.6 Å². The van der Waals surface area contributed by atoms with Crippen LogP contribution in [0.3, 0.4) is 0 Å². The summed E-state index contributed by atoms with van der Waals surface area (Å²) in [6, 6.07) is 21.2. The van der Waals surface area contributed by atoms with E-state index in [1.807, 2.05) is 24.3 Å². The molecule has 0 radical (unpaired) electrons. The predicted octanol–water partition coefficient (Wildman–Crippen LogP) is 8.36. The van der Waals surface area contributed by atoms with Crippen molar-refractivity contribution in [1.82, 2.24) is 0 Å². The summed E-state index contributed by atoms with van der Waals surface area (Å²) in [5, 5.41) is 0.756. The zero-order valence-corrected chi connectivity index (χ0v) is 22.7. The normalized spacial score (nSPS) is 14.2. The number of unbranched alkanes of at least 4 members (excludes halogenated alkanes) is 5. The minimum atomic E-state index is -0.624. The summed E-state index contributed by atoms with van der Waals surface area (Å²) in [6.45, 7) is 2.24. The number of carbonyl (C=O) groups excluding carboxylic acids is 1. The first-order valence-electron chi connectivity index (χ1n) is 13.4. The van der Waals surface area contributed by atoms with Crippen LogP contribution in [-0.4, -0.2) is 11.9 Å². The van der Waals surface area contributed by atoms with E-state index < -0.39 is 5.97 Å². The van der Waals surface area contributed by atoms with Gasteiger partial charge < -0.3 is 9.15 Å². The fourth-order valence-electron chi connectivity index (χ4n) is 4.68. The first-order valence-corrected chi connectivity index (χ1v) is 13.8. The Hall–Kier alpha value is -3.96. The highest BCUT2D eigenvalue weighted by Gasteiger charge is 2.25. The van der Waals surface area contributed by atoms with Gasteiger partial charge in [0.05, 0.1) is 10.9 Å². The maximum atomic E-state index is 12.9. The minimum Gasteiger partial charge on any atom is -0.463 e. The van der Waals surface area contributed by atoms with Crippen molar-refractivity contribution in [2.45, 2.75) is 51.9 Å². The highest BCUT2D eigenvalue weighted by molar-refractivity contribution is 6.31. The number of hydrogen-bond donors (Lipinski definition) is 0. The molecule has 4 aromatic rings. The molecule has 5 nitrogen and oxygen atoms in total. The van der Waals surface area contributed by atoms with Gasteiger partial charge in [0.2, 0.25) is 5.90 Å². The lowest BCUT2D eigenvalue weighted by molar-refractivity contribution is -0.129. The second-order valence-corrected chi connectivity index (χ2v) is 10.2. The second-order valence-electron chi connectivity index (χ2n) is 9.79. The van der Waals surface area contributed by atoms with Crippen molar-refractivity contribution in [3.05, 3.63) is 111 Å². The maximum absolute atomic E-state index is 12.9. The lowest BCUT2D eigenvalue weighted by Crippen LogP contribution is -2.07. The second kappa shape index (κ2) is 12.3. The molecular weight excluding hydrogens is 510 g/mol. The number of cyclic esters (lactones) is 1. The molecule has 0 amide bonds. The molecule has 1 aliphatic heterocycles. The van der Waals surface area contributed by atoms with Gasteiger partial charge in [-0.3, -0.25) is 4.79 Å². The molecule has 0 spiro atoms. The summed E-state index contributed by atoms with van der Waals surface area (Å²) >= 11 is 6.02. The third kappa shape index (κ3) is 6.37. The zero-order chi connectivity index (χ0) is 27.2. The monoisotopic (exact) mass is 539 g/mol. The third-order valence-electron chi connectivity index (χ3n) is 6.91. The van der Waals surface area contributed by atoms with Gasteiger partial charge in [0.15, 0.2) is 11.1 Å². The van der Waals surface area contributed by atoms with E-state index >= 15 is 0 Å². The molecule has 1 aromatic heterocycles. The molecule has 0 bridgehead atoms. The summed E-state index contributed by atoms with van der Waals surface area (Å²) in [5.41, 5.74) is 4.57. The number of rotatable bonds is 10. The predicted molar refractivity (Wildman–Crippen MR) is 157 cm³/mol. The first kappa shape index (κ1) is 26.6. The van der Waals surface area contributed by atoms with Crippen LogP contribution in [0.1, 0.15) is 62.1 Å². The van der Waals surface area contributed by atoms with E-state index in [9.17, 15) is 9.59 Å². The number of aliphatic imine (C=N–C) groups is 1. The van der Waals surface area contributed by atoms with Crippen molar-refractivity contribution >= 4 is 40.5 Å². The van der Waals surface area contributed by atoms with E-state index in [1.54, 1.807) is 12.1 Å². The molecule has 0 unspecified atom stereocenters. The van der Waals surface area contributed by atoms with Crippen LogP contribution in [-0.2, 0) is 16.0 Å². The van der Waals surface area contributed by atoms with Crippen molar-refractivity contribution in [2.24, 2.45) is 4.99 Å². The van der Waals surface area contributed by atoms with E-state index in [1.165, 1.54) is 62.5 Å². The van der Waals surface area contributed by atoms with E-state index in [2.05, 4.69) is 36.2 Å². The Kier molecular flexibility index (Phi) is 8.38. The summed E-state index contributed by atoms with van der Waals surface area (Å²) in [7, 11) is 0. The van der Waals surface area contributed by atoms with Crippen LogP contribution in [0.4, 0.5) is 0 Å². The van der Waals surface area contributed by atoms with Gasteiger partial charge in [0.25, 0.3) is 0 Å². The molecule has 39 heavy (non-hydrogen) atoms. The fourth-order valence-corrected chi connectivity index (χ4v) is 4.85. The van der Waals surface area contributed by atoms with Crippen molar-refractivity contribution in [3.63, 3.8) is 0 Å². The van der Waals surface area contributed by atoms with Crippen LogP contribution in [0.15, 0.2) is 92.9 Å². The Morgan fingerprint density at radius 3 is 2.23 bits per heavy atom. The highest BCUT2D eigenvalue weighted by atomic mass is 35.5. The van der Waals surface area contributed by atoms with Gasteiger partial charge in [-0.1, -0.05) is 87.0 Å². The molecule has 5 rings (SSSR count). The number of aryl methyl sites for hydroxylation is 1. The Labute approximate surface area is 232 Å². The molecule has 1 aliphatic rings. The van der Waals surface area contributed by atoms with Gasteiger partial charge in [-0.15, -0.1) is 0 Å². The Morgan fingerprint density at radius 2 is 1.49 bits per heavy atom. The molecule has 2 heterocycles. The highest BCUT2D eigenvalue weighted by Crippen LogP contribution is 2.24. The zero-order valence-electron chi connectivity index (χ0n) is 21.9. The quantitative estimate of drug-likeness (QED) is 0.115. The molecule has 0 atom stereocenters. The Bertz CT molecular complexity index is 1600. The van der Waals surface area contributed by atoms with Gasteiger partial charge >= 0.3 is 5.97 Å². The summed E-state index contributed by atoms with van der Waals surface area (Å²) in [5.74, 6) is -0.430. The van der Waals surface area contributed by atoms with E-state index in [-0.39, 0.29) is 22.6 Å². The largest absolute Gasteiger partial charge is 0.463 e. The summed E-state index contributed by atoms with van der Waals surface area (Å²) in [4.78, 5) is 29.7. The van der Waals surface area contributed by atoms with Gasteiger partial charge in [0.1, 0.15) is 11.8 Å².